The van der Waals surface area contributed by atoms with Crippen LogP contribution < -0.4 is 0 Å². The lowest BCUT2D eigenvalue weighted by atomic mass is 10.1. The van der Waals surface area contributed by atoms with Crippen molar-refractivity contribution in [2.45, 2.75) is 12.5 Å². The SMILES string of the molecule is CN(C(=O)c1cc2ccccc2cn1)C1CCS(=O)(=O)C1. The van der Waals surface area contributed by atoms with E-state index in [-0.39, 0.29) is 23.5 Å². The molecule has 0 bridgehead atoms. The van der Waals surface area contributed by atoms with Crippen LogP contribution in [0.15, 0.2) is 36.5 Å². The van der Waals surface area contributed by atoms with E-state index < -0.39 is 9.84 Å². The van der Waals surface area contributed by atoms with E-state index in [1.807, 2.05) is 24.3 Å². The van der Waals surface area contributed by atoms with Gasteiger partial charge in [-0.25, -0.2) is 8.42 Å². The van der Waals surface area contributed by atoms with E-state index in [4.69, 9.17) is 0 Å². The van der Waals surface area contributed by atoms with Crippen LogP contribution >= 0.6 is 0 Å². The second kappa shape index (κ2) is 5.11. The summed E-state index contributed by atoms with van der Waals surface area (Å²) < 4.78 is 23.1. The lowest BCUT2D eigenvalue weighted by Crippen LogP contribution is -2.38. The number of carbonyl (C=O) groups is 1. The summed E-state index contributed by atoms with van der Waals surface area (Å²) in [6.45, 7) is 0. The van der Waals surface area contributed by atoms with Gasteiger partial charge >= 0.3 is 0 Å². The zero-order chi connectivity index (χ0) is 15.0. The van der Waals surface area contributed by atoms with Gasteiger partial charge in [-0.1, -0.05) is 24.3 Å². The van der Waals surface area contributed by atoms with Crippen LogP contribution in [0.5, 0.6) is 0 Å². The van der Waals surface area contributed by atoms with Crippen LogP contribution in [0.2, 0.25) is 0 Å². The molecule has 1 aromatic heterocycles. The zero-order valence-electron chi connectivity index (χ0n) is 11.7. The summed E-state index contributed by atoms with van der Waals surface area (Å²) in [6.07, 6.45) is 2.17. The first kappa shape index (κ1) is 14.0. The van der Waals surface area contributed by atoms with Crippen LogP contribution in [-0.2, 0) is 9.84 Å². The number of nitrogens with zero attached hydrogens (tertiary/aromatic N) is 2. The largest absolute Gasteiger partial charge is 0.336 e. The molecule has 0 spiro atoms. The van der Waals surface area contributed by atoms with Gasteiger partial charge in [0.2, 0.25) is 0 Å². The van der Waals surface area contributed by atoms with E-state index >= 15 is 0 Å². The fraction of sp³-hybridized carbons (Fsp3) is 0.333. The molecular weight excluding hydrogens is 288 g/mol. The summed E-state index contributed by atoms with van der Waals surface area (Å²) >= 11 is 0. The van der Waals surface area contributed by atoms with Gasteiger partial charge in [0.25, 0.3) is 5.91 Å². The highest BCUT2D eigenvalue weighted by atomic mass is 32.2. The Hall–Kier alpha value is -1.95. The Morgan fingerprint density at radius 3 is 2.67 bits per heavy atom. The summed E-state index contributed by atoms with van der Waals surface area (Å²) in [4.78, 5) is 18.2. The van der Waals surface area contributed by atoms with Gasteiger partial charge in [-0.2, -0.15) is 0 Å². The van der Waals surface area contributed by atoms with Crippen molar-refractivity contribution in [3.05, 3.63) is 42.2 Å². The second-order valence-electron chi connectivity index (χ2n) is 5.39. The first-order valence-electron chi connectivity index (χ1n) is 6.79. The summed E-state index contributed by atoms with van der Waals surface area (Å²) in [5.41, 5.74) is 0.348. The van der Waals surface area contributed by atoms with Crippen molar-refractivity contribution in [1.82, 2.24) is 9.88 Å². The molecule has 0 aliphatic carbocycles. The average molecular weight is 304 g/mol. The number of hydrogen-bond donors (Lipinski definition) is 0. The number of amides is 1. The molecule has 1 aliphatic heterocycles. The van der Waals surface area contributed by atoms with Crippen LogP contribution in [0.25, 0.3) is 10.8 Å². The molecular formula is C15H16N2O3S. The fourth-order valence-corrected chi connectivity index (χ4v) is 4.40. The molecule has 3 rings (SSSR count). The van der Waals surface area contributed by atoms with Gasteiger partial charge in [-0.3, -0.25) is 9.78 Å². The quantitative estimate of drug-likeness (QED) is 0.843. The Balaban J connectivity index is 1.86. The number of fused-ring (bicyclic) bond motifs is 1. The third kappa shape index (κ3) is 2.76. The van der Waals surface area contributed by atoms with Crippen LogP contribution in [0.1, 0.15) is 16.9 Å². The predicted octanol–water partition coefficient (Wildman–Crippen LogP) is 1.49. The Kier molecular flexibility index (Phi) is 3.41. The highest BCUT2D eigenvalue weighted by Gasteiger charge is 2.33. The van der Waals surface area contributed by atoms with Crippen LogP contribution in [-0.4, -0.2) is 48.8 Å². The Morgan fingerprint density at radius 1 is 1.29 bits per heavy atom. The molecule has 1 fully saturated rings. The maximum Gasteiger partial charge on any atom is 0.272 e. The van der Waals surface area contributed by atoms with Crippen LogP contribution in [0.4, 0.5) is 0 Å². The van der Waals surface area contributed by atoms with Gasteiger partial charge in [0.15, 0.2) is 9.84 Å². The van der Waals surface area contributed by atoms with Crippen molar-refractivity contribution < 1.29 is 13.2 Å². The van der Waals surface area contributed by atoms with E-state index in [0.717, 1.165) is 10.8 Å². The first-order valence-corrected chi connectivity index (χ1v) is 8.61. The molecule has 0 radical (unpaired) electrons. The van der Waals surface area contributed by atoms with Gasteiger partial charge < -0.3 is 4.90 Å². The summed E-state index contributed by atoms with van der Waals surface area (Å²) in [5.74, 6) is -0.0358. The molecule has 21 heavy (non-hydrogen) atoms. The monoisotopic (exact) mass is 304 g/mol. The van der Waals surface area contributed by atoms with Crippen LogP contribution in [0.3, 0.4) is 0 Å². The molecule has 1 aliphatic rings. The minimum absolute atomic E-state index is 0.0445. The highest BCUT2D eigenvalue weighted by Crippen LogP contribution is 2.19. The van der Waals surface area contributed by atoms with Gasteiger partial charge in [-0.15, -0.1) is 0 Å². The molecule has 5 nitrogen and oxygen atoms in total. The molecule has 1 unspecified atom stereocenters. The van der Waals surface area contributed by atoms with E-state index in [9.17, 15) is 13.2 Å². The highest BCUT2D eigenvalue weighted by molar-refractivity contribution is 7.91. The van der Waals surface area contributed by atoms with E-state index in [1.54, 1.807) is 19.3 Å². The summed E-state index contributed by atoms with van der Waals surface area (Å²) in [5, 5.41) is 1.92. The minimum Gasteiger partial charge on any atom is -0.336 e. The van der Waals surface area contributed by atoms with Gasteiger partial charge in [0.05, 0.1) is 11.5 Å². The summed E-state index contributed by atoms with van der Waals surface area (Å²) in [6, 6.07) is 9.18. The van der Waals surface area contributed by atoms with Crippen molar-refractivity contribution in [2.75, 3.05) is 18.6 Å². The second-order valence-corrected chi connectivity index (χ2v) is 7.62. The van der Waals surface area contributed by atoms with Crippen molar-refractivity contribution in [1.29, 1.82) is 0 Å². The average Bonchev–Trinajstić information content (AvgIpc) is 2.85. The standard InChI is InChI=1S/C15H16N2O3S/c1-17(13-6-7-21(19,20)10-13)15(18)14-8-11-4-2-3-5-12(11)9-16-14/h2-5,8-9,13H,6-7,10H2,1H3. The summed E-state index contributed by atoms with van der Waals surface area (Å²) in [7, 11) is -1.36. The fourth-order valence-electron chi connectivity index (χ4n) is 2.63. The predicted molar refractivity (Wildman–Crippen MR) is 80.9 cm³/mol. The molecule has 0 saturated carbocycles. The van der Waals surface area contributed by atoms with Gasteiger partial charge in [0.1, 0.15) is 5.69 Å². The molecule has 1 aromatic carbocycles. The van der Waals surface area contributed by atoms with Crippen molar-refractivity contribution in [3.63, 3.8) is 0 Å². The van der Waals surface area contributed by atoms with Crippen molar-refractivity contribution in [3.8, 4) is 0 Å². The molecule has 1 atom stereocenters. The normalized spacial score (nSPS) is 20.5. The number of pyridine rings is 1. The molecule has 6 heteroatoms. The van der Waals surface area contributed by atoms with Gasteiger partial charge in [-0.05, 0) is 17.9 Å². The maximum atomic E-state index is 12.5. The van der Waals surface area contributed by atoms with E-state index in [1.165, 1.54) is 4.90 Å². The number of rotatable bonds is 2. The maximum absolute atomic E-state index is 12.5. The number of carbonyl (C=O) groups excluding carboxylic acids is 1. The third-order valence-corrected chi connectivity index (χ3v) is 5.68. The Labute approximate surface area is 123 Å². The Bertz CT molecular complexity index is 801. The lowest BCUT2D eigenvalue weighted by molar-refractivity contribution is 0.0742. The van der Waals surface area contributed by atoms with Gasteiger partial charge in [0, 0.05) is 24.7 Å². The first-order chi connectivity index (χ1) is 9.96. The smallest absolute Gasteiger partial charge is 0.272 e. The number of aromatic nitrogens is 1. The van der Waals surface area contributed by atoms with E-state index in [2.05, 4.69) is 4.98 Å². The molecule has 2 heterocycles. The third-order valence-electron chi connectivity index (χ3n) is 3.93. The number of benzene rings is 1. The molecule has 110 valence electrons. The van der Waals surface area contributed by atoms with Crippen molar-refractivity contribution in [2.24, 2.45) is 0 Å². The number of hydrogen-bond acceptors (Lipinski definition) is 4. The minimum atomic E-state index is -3.01. The lowest BCUT2D eigenvalue weighted by Gasteiger charge is -2.23. The van der Waals surface area contributed by atoms with Crippen LogP contribution in [0, 0.1) is 0 Å². The molecule has 0 N–H and O–H groups in total. The molecule has 1 amide bonds. The van der Waals surface area contributed by atoms with E-state index in [0.29, 0.717) is 12.1 Å². The molecule has 2 aromatic rings. The Morgan fingerprint density at radius 2 is 2.00 bits per heavy atom. The van der Waals surface area contributed by atoms with Crippen molar-refractivity contribution >= 4 is 26.5 Å². The molecule has 1 saturated heterocycles. The topological polar surface area (TPSA) is 67.3 Å². The zero-order valence-corrected chi connectivity index (χ0v) is 12.5. The number of sulfone groups is 1.